The van der Waals surface area contributed by atoms with E-state index in [9.17, 15) is 9.18 Å². The van der Waals surface area contributed by atoms with Gasteiger partial charge in [0.1, 0.15) is 11.6 Å². The van der Waals surface area contributed by atoms with E-state index in [-0.39, 0.29) is 12.5 Å². The molecule has 0 N–H and O–H groups in total. The van der Waals surface area contributed by atoms with Gasteiger partial charge >= 0.3 is 5.97 Å². The maximum atomic E-state index is 14.0. The second-order valence-corrected chi connectivity index (χ2v) is 5.14. The summed E-state index contributed by atoms with van der Waals surface area (Å²) in [6.45, 7) is 4.25. The van der Waals surface area contributed by atoms with Crippen molar-refractivity contribution in [2.45, 2.75) is 19.8 Å². The zero-order valence-electron chi connectivity index (χ0n) is 10.2. The summed E-state index contributed by atoms with van der Waals surface area (Å²) in [4.78, 5) is 12.0. The predicted octanol–water partition coefficient (Wildman–Crippen LogP) is 3.26. The van der Waals surface area contributed by atoms with E-state index in [2.05, 4.69) is 15.9 Å². The first kappa shape index (κ1) is 13.3. The molecular formula is C13H14BrFO3. The van der Waals surface area contributed by atoms with Crippen LogP contribution in [-0.2, 0) is 9.53 Å². The van der Waals surface area contributed by atoms with Crippen LogP contribution in [0.15, 0.2) is 16.6 Å². The van der Waals surface area contributed by atoms with E-state index in [1.807, 2.05) is 6.92 Å². The lowest BCUT2D eigenvalue weighted by Crippen LogP contribution is -2.31. The van der Waals surface area contributed by atoms with Crippen LogP contribution in [0.3, 0.4) is 0 Å². The van der Waals surface area contributed by atoms with Gasteiger partial charge in [-0.25, -0.2) is 4.39 Å². The van der Waals surface area contributed by atoms with Crippen LogP contribution in [0.4, 0.5) is 4.39 Å². The van der Waals surface area contributed by atoms with Crippen molar-refractivity contribution in [1.29, 1.82) is 0 Å². The average Bonchev–Trinajstić information content (AvgIpc) is 2.34. The minimum Gasteiger partial charge on any atom is -0.492 e. The molecule has 1 heterocycles. The number of fused-ring (bicyclic) bond motifs is 1. The van der Waals surface area contributed by atoms with Gasteiger partial charge in [0.15, 0.2) is 0 Å². The number of halogens is 2. The fraction of sp³-hybridized carbons (Fsp3) is 0.462. The van der Waals surface area contributed by atoms with Gasteiger partial charge in [-0.15, -0.1) is 0 Å². The first-order valence-electron chi connectivity index (χ1n) is 5.83. The van der Waals surface area contributed by atoms with Crippen LogP contribution in [0.2, 0.25) is 0 Å². The Kier molecular flexibility index (Phi) is 3.90. The third-order valence-electron chi connectivity index (χ3n) is 3.01. The largest absolute Gasteiger partial charge is 0.492 e. The van der Waals surface area contributed by atoms with E-state index < -0.39 is 17.7 Å². The summed E-state index contributed by atoms with van der Waals surface area (Å²) in [6.07, 6.45) is 0. The van der Waals surface area contributed by atoms with Gasteiger partial charge in [0.25, 0.3) is 0 Å². The molecule has 1 aromatic carbocycles. The molecule has 0 aliphatic carbocycles. The van der Waals surface area contributed by atoms with E-state index in [0.717, 1.165) is 0 Å². The maximum absolute atomic E-state index is 14.0. The van der Waals surface area contributed by atoms with Crippen LogP contribution in [0.1, 0.15) is 25.3 Å². The van der Waals surface area contributed by atoms with Gasteiger partial charge in [-0.2, -0.15) is 0 Å². The number of carbonyl (C=O) groups excluding carboxylic acids is 1. The van der Waals surface area contributed by atoms with Crippen molar-refractivity contribution in [1.82, 2.24) is 0 Å². The quantitative estimate of drug-likeness (QED) is 0.786. The molecule has 2 rings (SSSR count). The zero-order chi connectivity index (χ0) is 13.3. The summed E-state index contributed by atoms with van der Waals surface area (Å²) in [7, 11) is 0. The number of carbonyl (C=O) groups is 1. The predicted molar refractivity (Wildman–Crippen MR) is 68.1 cm³/mol. The number of benzene rings is 1. The van der Waals surface area contributed by atoms with Crippen LogP contribution in [0.5, 0.6) is 5.75 Å². The molecule has 1 aromatic rings. The number of hydrogen-bond donors (Lipinski definition) is 0. The molecule has 98 valence electrons. The minimum absolute atomic E-state index is 0.111. The Morgan fingerprint density at radius 3 is 3.00 bits per heavy atom. The van der Waals surface area contributed by atoms with Crippen molar-refractivity contribution in [3.63, 3.8) is 0 Å². The monoisotopic (exact) mass is 316 g/mol. The molecule has 0 amide bonds. The number of ether oxygens (including phenoxy) is 2. The van der Waals surface area contributed by atoms with Crippen LogP contribution >= 0.6 is 15.9 Å². The van der Waals surface area contributed by atoms with E-state index >= 15 is 0 Å². The van der Waals surface area contributed by atoms with Crippen LogP contribution in [0, 0.1) is 11.7 Å². The van der Waals surface area contributed by atoms with E-state index in [0.29, 0.717) is 22.4 Å². The Hall–Kier alpha value is -1.10. The fourth-order valence-electron chi connectivity index (χ4n) is 2.16. The van der Waals surface area contributed by atoms with Gasteiger partial charge in [-0.3, -0.25) is 4.79 Å². The molecule has 1 aliphatic rings. The summed E-state index contributed by atoms with van der Waals surface area (Å²) < 4.78 is 25.2. The van der Waals surface area contributed by atoms with Crippen molar-refractivity contribution >= 4 is 21.9 Å². The molecule has 0 spiro atoms. The molecule has 0 saturated carbocycles. The lowest BCUT2D eigenvalue weighted by atomic mass is 9.85. The molecule has 5 heteroatoms. The molecular weight excluding hydrogens is 303 g/mol. The third kappa shape index (κ3) is 2.23. The molecule has 0 fully saturated rings. The second kappa shape index (κ2) is 5.26. The fourth-order valence-corrected chi connectivity index (χ4v) is 2.62. The number of esters is 1. The Morgan fingerprint density at radius 2 is 2.33 bits per heavy atom. The van der Waals surface area contributed by atoms with Crippen molar-refractivity contribution in [2.24, 2.45) is 5.92 Å². The van der Waals surface area contributed by atoms with Crippen LogP contribution < -0.4 is 4.74 Å². The Bertz CT molecular complexity index is 476. The lowest BCUT2D eigenvalue weighted by Gasteiger charge is -2.30. The molecule has 1 aliphatic heterocycles. The Balaban J connectivity index is 2.50. The van der Waals surface area contributed by atoms with Crippen molar-refractivity contribution in [3.05, 3.63) is 28.0 Å². The van der Waals surface area contributed by atoms with E-state index in [1.54, 1.807) is 13.0 Å². The van der Waals surface area contributed by atoms with Gasteiger partial charge in [-0.05, 0) is 35.0 Å². The van der Waals surface area contributed by atoms with E-state index in [1.165, 1.54) is 6.07 Å². The summed E-state index contributed by atoms with van der Waals surface area (Å²) >= 11 is 3.31. The molecule has 2 unspecified atom stereocenters. The number of rotatable bonds is 2. The molecule has 0 radical (unpaired) electrons. The van der Waals surface area contributed by atoms with Crippen LogP contribution in [-0.4, -0.2) is 19.2 Å². The topological polar surface area (TPSA) is 35.5 Å². The Morgan fingerprint density at radius 1 is 1.61 bits per heavy atom. The highest BCUT2D eigenvalue weighted by Crippen LogP contribution is 2.43. The normalized spacial score (nSPS) is 22.0. The molecule has 2 atom stereocenters. The molecule has 3 nitrogen and oxygen atoms in total. The van der Waals surface area contributed by atoms with Gasteiger partial charge in [0.05, 0.1) is 23.6 Å². The van der Waals surface area contributed by atoms with Crippen molar-refractivity contribution in [3.8, 4) is 5.75 Å². The summed E-state index contributed by atoms with van der Waals surface area (Å²) in [5, 5.41) is 0. The summed E-state index contributed by atoms with van der Waals surface area (Å²) in [6, 6.07) is 2.91. The van der Waals surface area contributed by atoms with Gasteiger partial charge < -0.3 is 9.47 Å². The molecule has 0 saturated heterocycles. The summed E-state index contributed by atoms with van der Waals surface area (Å²) in [5.41, 5.74) is 0.293. The lowest BCUT2D eigenvalue weighted by molar-refractivity contribution is -0.147. The first-order valence-corrected chi connectivity index (χ1v) is 6.62. The minimum atomic E-state index is -0.605. The smallest absolute Gasteiger partial charge is 0.314 e. The van der Waals surface area contributed by atoms with Crippen molar-refractivity contribution < 1.29 is 18.7 Å². The highest BCUT2D eigenvalue weighted by molar-refractivity contribution is 9.10. The second-order valence-electron chi connectivity index (χ2n) is 4.29. The third-order valence-corrected chi connectivity index (χ3v) is 3.63. The van der Waals surface area contributed by atoms with E-state index in [4.69, 9.17) is 9.47 Å². The van der Waals surface area contributed by atoms with Crippen LogP contribution in [0.25, 0.3) is 0 Å². The van der Waals surface area contributed by atoms with Crippen molar-refractivity contribution in [2.75, 3.05) is 13.2 Å². The standard InChI is InChI=1S/C13H14BrFO3/c1-3-17-13(16)10-7(2)6-18-12-8(14)4-5-9(15)11(10)12/h4-5,7,10H,3,6H2,1-2H3. The first-order chi connectivity index (χ1) is 8.56. The SMILES string of the molecule is CCOC(=O)C1c2c(F)ccc(Br)c2OCC1C. The Labute approximate surface area is 113 Å². The molecule has 0 aromatic heterocycles. The zero-order valence-corrected chi connectivity index (χ0v) is 11.8. The number of hydrogen-bond acceptors (Lipinski definition) is 3. The molecule has 18 heavy (non-hydrogen) atoms. The van der Waals surface area contributed by atoms with Gasteiger partial charge in [0, 0.05) is 11.5 Å². The molecule has 0 bridgehead atoms. The van der Waals surface area contributed by atoms with Gasteiger partial charge in [0.2, 0.25) is 0 Å². The average molecular weight is 317 g/mol. The maximum Gasteiger partial charge on any atom is 0.314 e. The van der Waals surface area contributed by atoms with Gasteiger partial charge in [-0.1, -0.05) is 6.92 Å². The highest BCUT2D eigenvalue weighted by atomic mass is 79.9. The summed E-state index contributed by atoms with van der Waals surface area (Å²) in [5.74, 6) is -1.14. The highest BCUT2D eigenvalue weighted by Gasteiger charge is 2.38.